The molecule has 3 aliphatic rings. The SMILES string of the molecule is N=Cc1cc(/C=C2\SC(N3CCC(N4CCOCC4)C3)=NC2=O)ccc1NCc1ccc(C(F)(F)F)cc1C(F)(F)F. The van der Waals surface area contributed by atoms with Crippen LogP contribution in [0.1, 0.15) is 34.2 Å². The Morgan fingerprint density at radius 3 is 2.50 bits per heavy atom. The van der Waals surface area contributed by atoms with E-state index in [2.05, 4.69) is 20.1 Å². The monoisotopic (exact) mass is 611 g/mol. The number of thioether (sulfide) groups is 1. The van der Waals surface area contributed by atoms with Gasteiger partial charge < -0.3 is 20.4 Å². The second-order valence-electron chi connectivity index (χ2n) is 10.1. The number of alkyl halides is 6. The van der Waals surface area contributed by atoms with E-state index in [4.69, 9.17) is 10.1 Å². The van der Waals surface area contributed by atoms with E-state index in [0.29, 0.717) is 52.2 Å². The number of rotatable bonds is 6. The number of amidine groups is 1. The molecule has 0 saturated carbocycles. The molecule has 2 N–H and O–H groups in total. The molecular formula is C28H27F6N5O2S. The highest BCUT2D eigenvalue weighted by molar-refractivity contribution is 8.18. The van der Waals surface area contributed by atoms with Crippen molar-refractivity contribution in [1.29, 1.82) is 5.41 Å². The largest absolute Gasteiger partial charge is 0.416 e. The minimum atomic E-state index is -4.98. The number of halogens is 6. The fourth-order valence-electron chi connectivity index (χ4n) is 5.15. The van der Waals surface area contributed by atoms with Crippen LogP contribution in [-0.2, 0) is 28.4 Å². The van der Waals surface area contributed by atoms with Crippen LogP contribution in [0.4, 0.5) is 32.0 Å². The van der Waals surface area contributed by atoms with Gasteiger partial charge >= 0.3 is 12.4 Å². The average Bonchev–Trinajstić information content (AvgIpc) is 3.59. The number of ether oxygens (including phenoxy) is 1. The number of benzene rings is 2. The fraction of sp³-hybridized carbons (Fsp3) is 0.393. The summed E-state index contributed by atoms with van der Waals surface area (Å²) in [7, 11) is 0. The summed E-state index contributed by atoms with van der Waals surface area (Å²) in [6.45, 7) is 4.36. The molecule has 14 heteroatoms. The minimum Gasteiger partial charge on any atom is -0.380 e. The van der Waals surface area contributed by atoms with E-state index in [1.54, 1.807) is 24.3 Å². The molecule has 2 aromatic rings. The number of carbonyl (C=O) groups is 1. The number of aliphatic imine (C=N–C) groups is 1. The second kappa shape index (κ2) is 12.1. The highest BCUT2D eigenvalue weighted by Gasteiger charge is 2.38. The second-order valence-corrected chi connectivity index (χ2v) is 11.1. The van der Waals surface area contributed by atoms with Gasteiger partial charge in [-0.2, -0.15) is 31.3 Å². The van der Waals surface area contributed by atoms with Gasteiger partial charge in [0.2, 0.25) is 0 Å². The third kappa shape index (κ3) is 6.81. The Labute approximate surface area is 242 Å². The van der Waals surface area contributed by atoms with Crippen LogP contribution in [0.2, 0.25) is 0 Å². The zero-order chi connectivity index (χ0) is 30.1. The fourth-order valence-corrected chi connectivity index (χ4v) is 6.10. The molecule has 2 fully saturated rings. The number of nitrogens with one attached hydrogen (secondary N) is 2. The van der Waals surface area contributed by atoms with E-state index in [1.165, 1.54) is 11.8 Å². The molecular weight excluding hydrogens is 584 g/mol. The number of amides is 1. The van der Waals surface area contributed by atoms with Crippen molar-refractivity contribution in [2.75, 3.05) is 44.7 Å². The van der Waals surface area contributed by atoms with Crippen LogP contribution < -0.4 is 5.32 Å². The molecule has 3 heterocycles. The molecule has 42 heavy (non-hydrogen) atoms. The molecule has 5 rings (SSSR count). The summed E-state index contributed by atoms with van der Waals surface area (Å²) in [5, 5.41) is 11.2. The van der Waals surface area contributed by atoms with Crippen molar-refractivity contribution in [2.24, 2.45) is 4.99 Å². The van der Waals surface area contributed by atoms with Gasteiger partial charge in [0.1, 0.15) is 0 Å². The van der Waals surface area contributed by atoms with Crippen LogP contribution in [0.3, 0.4) is 0 Å². The van der Waals surface area contributed by atoms with Gasteiger partial charge in [-0.1, -0.05) is 12.1 Å². The van der Waals surface area contributed by atoms with Crippen molar-refractivity contribution < 1.29 is 35.9 Å². The minimum absolute atomic E-state index is 0.0986. The summed E-state index contributed by atoms with van der Waals surface area (Å²) < 4.78 is 84.9. The first-order chi connectivity index (χ1) is 19.9. The maximum atomic E-state index is 13.5. The Kier molecular flexibility index (Phi) is 8.67. The Balaban J connectivity index is 1.26. The van der Waals surface area contributed by atoms with E-state index in [0.717, 1.165) is 44.9 Å². The van der Waals surface area contributed by atoms with Crippen LogP contribution in [0.15, 0.2) is 46.3 Å². The predicted octanol–water partition coefficient (Wildman–Crippen LogP) is 5.71. The first kappa shape index (κ1) is 30.1. The Bertz CT molecular complexity index is 1420. The number of morpholine rings is 1. The molecule has 0 bridgehead atoms. The molecule has 1 unspecified atom stereocenters. The number of hydrogen-bond acceptors (Lipinski definition) is 7. The Morgan fingerprint density at radius 1 is 1.05 bits per heavy atom. The van der Waals surface area contributed by atoms with Gasteiger partial charge in [0.15, 0.2) is 5.17 Å². The molecule has 0 radical (unpaired) electrons. The van der Waals surface area contributed by atoms with Crippen LogP contribution >= 0.6 is 11.8 Å². The normalized spacial score (nSPS) is 21.2. The van der Waals surface area contributed by atoms with Gasteiger partial charge in [0, 0.05) is 56.2 Å². The van der Waals surface area contributed by atoms with Crippen LogP contribution in [0.25, 0.3) is 6.08 Å². The van der Waals surface area contributed by atoms with Crippen molar-refractivity contribution in [3.05, 3.63) is 69.1 Å². The molecule has 2 saturated heterocycles. The van der Waals surface area contributed by atoms with Crippen LogP contribution in [0, 0.1) is 5.41 Å². The Hall–Kier alpha value is -3.36. The lowest BCUT2D eigenvalue weighted by Crippen LogP contribution is -2.45. The van der Waals surface area contributed by atoms with Gasteiger partial charge in [-0.3, -0.25) is 9.69 Å². The third-order valence-corrected chi connectivity index (χ3v) is 8.39. The maximum Gasteiger partial charge on any atom is 0.416 e. The van der Waals surface area contributed by atoms with Gasteiger partial charge in [-0.25, -0.2) is 0 Å². The van der Waals surface area contributed by atoms with Crippen LogP contribution in [-0.4, -0.2) is 72.5 Å². The van der Waals surface area contributed by atoms with Gasteiger partial charge in [0.05, 0.1) is 29.2 Å². The summed E-state index contributed by atoms with van der Waals surface area (Å²) in [6, 6.07) is 6.66. The zero-order valence-corrected chi connectivity index (χ0v) is 23.0. The molecule has 0 aliphatic carbocycles. The molecule has 1 amide bonds. The molecule has 0 aromatic heterocycles. The zero-order valence-electron chi connectivity index (χ0n) is 22.2. The number of nitrogens with zero attached hydrogens (tertiary/aromatic N) is 3. The predicted molar refractivity (Wildman–Crippen MR) is 148 cm³/mol. The summed E-state index contributed by atoms with van der Waals surface area (Å²) >= 11 is 1.28. The lowest BCUT2D eigenvalue weighted by Gasteiger charge is -2.32. The number of anilines is 1. The van der Waals surface area contributed by atoms with E-state index < -0.39 is 30.0 Å². The smallest absolute Gasteiger partial charge is 0.380 e. The van der Waals surface area contributed by atoms with Crippen molar-refractivity contribution in [3.63, 3.8) is 0 Å². The lowest BCUT2D eigenvalue weighted by atomic mass is 10.0. The standard InChI is InChI=1S/C28H27F6N5O2S/c29-27(30,31)20-3-2-18(22(13-20)28(32,33)34)15-36-23-4-1-17(11-19(23)14-35)12-24-25(40)37-26(42-24)39-6-5-21(16-39)38-7-9-41-10-8-38/h1-4,11-14,21,35-36H,5-10,15-16H2/b24-12-,35-14?. The third-order valence-electron chi connectivity index (χ3n) is 7.35. The molecule has 224 valence electrons. The van der Waals surface area contributed by atoms with Crippen molar-refractivity contribution in [1.82, 2.24) is 9.80 Å². The molecule has 0 spiro atoms. The van der Waals surface area contributed by atoms with E-state index >= 15 is 0 Å². The quantitative estimate of drug-likeness (QED) is 0.248. The molecule has 7 nitrogen and oxygen atoms in total. The average molecular weight is 612 g/mol. The number of likely N-dealkylation sites (tertiary alicyclic amines) is 1. The molecule has 3 aliphatic heterocycles. The van der Waals surface area contributed by atoms with Crippen molar-refractivity contribution in [2.45, 2.75) is 31.4 Å². The van der Waals surface area contributed by atoms with Crippen molar-refractivity contribution in [3.8, 4) is 0 Å². The molecule has 2 aromatic carbocycles. The summed E-state index contributed by atoms with van der Waals surface area (Å²) in [6.07, 6.45) is -6.27. The van der Waals surface area contributed by atoms with Gasteiger partial charge in [-0.15, -0.1) is 0 Å². The first-order valence-electron chi connectivity index (χ1n) is 13.2. The number of hydrogen-bond donors (Lipinski definition) is 2. The van der Waals surface area contributed by atoms with E-state index in [9.17, 15) is 31.1 Å². The van der Waals surface area contributed by atoms with Gasteiger partial charge in [-0.05, 0) is 59.7 Å². The summed E-state index contributed by atoms with van der Waals surface area (Å²) in [5.74, 6) is -0.370. The highest BCUT2D eigenvalue weighted by atomic mass is 32.2. The topological polar surface area (TPSA) is 81.0 Å². The maximum absolute atomic E-state index is 13.5. The van der Waals surface area contributed by atoms with Crippen LogP contribution in [0.5, 0.6) is 0 Å². The lowest BCUT2D eigenvalue weighted by molar-refractivity contribution is -0.143. The Morgan fingerprint density at radius 2 is 1.81 bits per heavy atom. The summed E-state index contributed by atoms with van der Waals surface area (Å²) in [4.78, 5) is 21.8. The molecule has 1 atom stereocenters. The first-order valence-corrected chi connectivity index (χ1v) is 14.0. The van der Waals surface area contributed by atoms with E-state index in [1.807, 2.05) is 0 Å². The van der Waals surface area contributed by atoms with Crippen molar-refractivity contribution >= 4 is 40.8 Å². The van der Waals surface area contributed by atoms with E-state index in [-0.39, 0.29) is 17.5 Å². The van der Waals surface area contributed by atoms with Gasteiger partial charge in [0.25, 0.3) is 5.91 Å². The highest BCUT2D eigenvalue weighted by Crippen LogP contribution is 2.38. The number of carbonyl (C=O) groups excluding carboxylic acids is 1. The summed E-state index contributed by atoms with van der Waals surface area (Å²) in [5.41, 5.74) is -1.91.